The Balaban J connectivity index is 1.41. The van der Waals surface area contributed by atoms with Crippen LogP contribution in [0.2, 0.25) is 5.02 Å². The highest BCUT2D eigenvalue weighted by Crippen LogP contribution is 2.45. The van der Waals surface area contributed by atoms with Crippen molar-refractivity contribution >= 4 is 17.5 Å². The summed E-state index contributed by atoms with van der Waals surface area (Å²) in [6.45, 7) is 4.88. The summed E-state index contributed by atoms with van der Waals surface area (Å²) in [5, 5.41) is 0.671. The maximum absolute atomic E-state index is 12.9. The van der Waals surface area contributed by atoms with Gasteiger partial charge in [0.1, 0.15) is 0 Å². The molecule has 0 aromatic heterocycles. The van der Waals surface area contributed by atoms with Gasteiger partial charge < -0.3 is 14.4 Å². The number of carbonyl (C=O) groups is 1. The summed E-state index contributed by atoms with van der Waals surface area (Å²) >= 11 is 6.24. The zero-order chi connectivity index (χ0) is 18.0. The quantitative estimate of drug-likeness (QED) is 0.760. The second kappa shape index (κ2) is 7.87. The number of nitrogens with zero attached hydrogens (tertiary/aromatic N) is 1. The van der Waals surface area contributed by atoms with Crippen molar-refractivity contribution in [3.05, 3.63) is 34.9 Å². The van der Waals surface area contributed by atoms with Crippen molar-refractivity contribution in [3.63, 3.8) is 0 Å². The summed E-state index contributed by atoms with van der Waals surface area (Å²) in [5.41, 5.74) is 1.08. The van der Waals surface area contributed by atoms with Crippen molar-refractivity contribution in [1.82, 2.24) is 4.90 Å². The minimum Gasteiger partial charge on any atom is -0.381 e. The SMILES string of the molecule is O=C(Cc1ccccc1Cl)N1CC(COCC2CC2)C2(CCOCC2)C1. The van der Waals surface area contributed by atoms with Gasteiger partial charge in [-0.05, 0) is 48.6 Å². The van der Waals surface area contributed by atoms with Crippen LogP contribution in [0.5, 0.6) is 0 Å². The summed E-state index contributed by atoms with van der Waals surface area (Å²) in [7, 11) is 0. The van der Waals surface area contributed by atoms with Crippen LogP contribution < -0.4 is 0 Å². The molecule has 3 aliphatic rings. The fraction of sp³-hybridized carbons (Fsp3) is 0.667. The van der Waals surface area contributed by atoms with Crippen LogP contribution in [0.1, 0.15) is 31.2 Å². The van der Waals surface area contributed by atoms with Gasteiger partial charge in [-0.3, -0.25) is 4.79 Å². The highest BCUT2D eigenvalue weighted by Gasteiger charge is 2.48. The highest BCUT2D eigenvalue weighted by atomic mass is 35.5. The number of rotatable bonds is 6. The molecule has 0 bridgehead atoms. The fourth-order valence-corrected chi connectivity index (χ4v) is 4.58. The van der Waals surface area contributed by atoms with Gasteiger partial charge in [-0.25, -0.2) is 0 Å². The Morgan fingerprint density at radius 2 is 2.00 bits per heavy atom. The number of hydrogen-bond acceptors (Lipinski definition) is 3. The number of hydrogen-bond donors (Lipinski definition) is 0. The number of benzene rings is 1. The van der Waals surface area contributed by atoms with Crippen LogP contribution in [-0.4, -0.2) is 50.3 Å². The van der Waals surface area contributed by atoms with E-state index in [2.05, 4.69) is 0 Å². The zero-order valence-electron chi connectivity index (χ0n) is 15.3. The van der Waals surface area contributed by atoms with E-state index in [1.165, 1.54) is 12.8 Å². The van der Waals surface area contributed by atoms with Crippen LogP contribution in [0.4, 0.5) is 0 Å². The smallest absolute Gasteiger partial charge is 0.227 e. The van der Waals surface area contributed by atoms with Gasteiger partial charge in [0.25, 0.3) is 0 Å². The van der Waals surface area contributed by atoms with E-state index < -0.39 is 0 Å². The molecule has 26 heavy (non-hydrogen) atoms. The topological polar surface area (TPSA) is 38.8 Å². The first-order valence-corrected chi connectivity index (χ1v) is 10.2. The first-order chi connectivity index (χ1) is 12.7. The lowest BCUT2D eigenvalue weighted by molar-refractivity contribution is -0.130. The third-order valence-corrected chi connectivity index (χ3v) is 6.69. The predicted octanol–water partition coefficient (Wildman–Crippen LogP) is 3.56. The Morgan fingerprint density at radius 3 is 2.73 bits per heavy atom. The van der Waals surface area contributed by atoms with Gasteiger partial charge in [-0.15, -0.1) is 0 Å². The Labute approximate surface area is 160 Å². The molecule has 1 unspecified atom stereocenters. The van der Waals surface area contributed by atoms with E-state index in [0.717, 1.165) is 63.8 Å². The summed E-state index contributed by atoms with van der Waals surface area (Å²) in [4.78, 5) is 15.0. The number of halogens is 1. The lowest BCUT2D eigenvalue weighted by Crippen LogP contribution is -2.39. The molecule has 2 aliphatic heterocycles. The van der Waals surface area contributed by atoms with Crippen LogP contribution >= 0.6 is 11.6 Å². The molecular weight excluding hydrogens is 350 g/mol. The van der Waals surface area contributed by atoms with Gasteiger partial charge in [0.2, 0.25) is 5.91 Å². The number of carbonyl (C=O) groups excluding carboxylic acids is 1. The third kappa shape index (κ3) is 4.08. The molecule has 1 aliphatic carbocycles. The average molecular weight is 378 g/mol. The zero-order valence-corrected chi connectivity index (χ0v) is 16.0. The molecule has 1 aromatic rings. The Hall–Kier alpha value is -1.10. The van der Waals surface area contributed by atoms with E-state index in [1.54, 1.807) is 0 Å². The largest absolute Gasteiger partial charge is 0.381 e. The second-order valence-electron chi connectivity index (χ2n) is 8.19. The molecule has 1 amide bonds. The number of ether oxygens (including phenoxy) is 2. The molecule has 1 atom stereocenters. The minimum absolute atomic E-state index is 0.165. The standard InChI is InChI=1S/C21H28ClNO3/c22-19-4-2-1-3-17(19)11-20(24)23-12-18(14-26-13-16-5-6-16)21(15-23)7-9-25-10-8-21/h1-4,16,18H,5-15H2. The van der Waals surface area contributed by atoms with E-state index >= 15 is 0 Å². The van der Waals surface area contributed by atoms with Crippen molar-refractivity contribution in [2.75, 3.05) is 39.5 Å². The molecule has 142 valence electrons. The van der Waals surface area contributed by atoms with Crippen LogP contribution in [0, 0.1) is 17.3 Å². The van der Waals surface area contributed by atoms with Crippen LogP contribution in [0.25, 0.3) is 0 Å². The summed E-state index contributed by atoms with van der Waals surface area (Å²) in [5.74, 6) is 1.37. The molecule has 5 heteroatoms. The van der Waals surface area contributed by atoms with E-state index in [4.69, 9.17) is 21.1 Å². The van der Waals surface area contributed by atoms with E-state index in [9.17, 15) is 4.79 Å². The van der Waals surface area contributed by atoms with Crippen LogP contribution in [0.3, 0.4) is 0 Å². The third-order valence-electron chi connectivity index (χ3n) is 6.32. The van der Waals surface area contributed by atoms with Crippen molar-refractivity contribution in [2.24, 2.45) is 17.3 Å². The van der Waals surface area contributed by atoms with Gasteiger partial charge in [-0.1, -0.05) is 29.8 Å². The lowest BCUT2D eigenvalue weighted by Gasteiger charge is -2.37. The van der Waals surface area contributed by atoms with Crippen LogP contribution in [-0.2, 0) is 20.7 Å². The van der Waals surface area contributed by atoms with Crippen LogP contribution in [0.15, 0.2) is 24.3 Å². The van der Waals surface area contributed by atoms with Gasteiger partial charge in [0, 0.05) is 43.9 Å². The maximum atomic E-state index is 12.9. The van der Waals surface area contributed by atoms with Crippen molar-refractivity contribution < 1.29 is 14.3 Å². The summed E-state index contributed by atoms with van der Waals surface area (Å²) in [6.07, 6.45) is 5.06. The molecular formula is C21H28ClNO3. The van der Waals surface area contributed by atoms with Gasteiger partial charge in [0.15, 0.2) is 0 Å². The predicted molar refractivity (Wildman–Crippen MR) is 101 cm³/mol. The van der Waals surface area contributed by atoms with E-state index in [0.29, 0.717) is 17.4 Å². The van der Waals surface area contributed by atoms with E-state index in [-0.39, 0.29) is 11.3 Å². The molecule has 1 aromatic carbocycles. The fourth-order valence-electron chi connectivity index (χ4n) is 4.38. The minimum atomic E-state index is 0.165. The maximum Gasteiger partial charge on any atom is 0.227 e. The second-order valence-corrected chi connectivity index (χ2v) is 8.60. The monoisotopic (exact) mass is 377 g/mol. The van der Waals surface area contributed by atoms with Crippen molar-refractivity contribution in [1.29, 1.82) is 0 Å². The lowest BCUT2D eigenvalue weighted by atomic mass is 9.72. The molecule has 1 spiro atoms. The molecule has 2 heterocycles. The summed E-state index contributed by atoms with van der Waals surface area (Å²) < 4.78 is 11.6. The number of amides is 1. The molecule has 3 fully saturated rings. The molecule has 0 radical (unpaired) electrons. The summed E-state index contributed by atoms with van der Waals surface area (Å²) in [6, 6.07) is 7.63. The molecule has 4 nitrogen and oxygen atoms in total. The van der Waals surface area contributed by atoms with Gasteiger partial charge in [0.05, 0.1) is 13.0 Å². The first-order valence-electron chi connectivity index (χ1n) is 9.83. The first kappa shape index (κ1) is 18.3. The van der Waals surface area contributed by atoms with Gasteiger partial charge >= 0.3 is 0 Å². The Kier molecular flexibility index (Phi) is 5.53. The van der Waals surface area contributed by atoms with E-state index in [1.807, 2.05) is 29.2 Å². The number of likely N-dealkylation sites (tertiary alicyclic amines) is 1. The highest BCUT2D eigenvalue weighted by molar-refractivity contribution is 6.31. The van der Waals surface area contributed by atoms with Crippen molar-refractivity contribution in [2.45, 2.75) is 32.1 Å². The molecule has 2 saturated heterocycles. The molecule has 4 rings (SSSR count). The average Bonchev–Trinajstić information content (AvgIpc) is 3.41. The molecule has 0 N–H and O–H groups in total. The van der Waals surface area contributed by atoms with Crippen molar-refractivity contribution in [3.8, 4) is 0 Å². The Morgan fingerprint density at radius 1 is 1.23 bits per heavy atom. The van der Waals surface area contributed by atoms with Gasteiger partial charge in [-0.2, -0.15) is 0 Å². The Bertz CT molecular complexity index is 640. The normalized spacial score (nSPS) is 25.0. The molecule has 1 saturated carbocycles.